The summed E-state index contributed by atoms with van der Waals surface area (Å²) in [7, 11) is 0. The van der Waals surface area contributed by atoms with Crippen molar-refractivity contribution in [1.82, 2.24) is 30.2 Å². The Morgan fingerprint density at radius 2 is 1.61 bits per heavy atom. The zero-order valence-electron chi connectivity index (χ0n) is 16.0. The number of nitrogens with zero attached hydrogens (tertiary/aromatic N) is 5. The second kappa shape index (κ2) is 8.78. The van der Waals surface area contributed by atoms with Crippen LogP contribution in [0.25, 0.3) is 33.8 Å². The van der Waals surface area contributed by atoms with Gasteiger partial charge in [0.05, 0.1) is 11.0 Å². The number of benzene rings is 2. The Balaban J connectivity index is 1.68. The highest BCUT2D eigenvalue weighted by molar-refractivity contribution is 5.85. The number of unbranched alkanes of at least 4 members (excludes halogenated alkanes) is 5. The van der Waals surface area contributed by atoms with E-state index in [0.717, 1.165) is 47.4 Å². The van der Waals surface area contributed by atoms with Crippen molar-refractivity contribution in [3.8, 4) is 22.8 Å². The molecule has 2 heterocycles. The molecule has 6 nitrogen and oxygen atoms in total. The summed E-state index contributed by atoms with van der Waals surface area (Å²) in [5, 5.41) is 14.6. The summed E-state index contributed by atoms with van der Waals surface area (Å²) in [5.41, 5.74) is 4.14. The molecule has 4 rings (SSSR count). The molecular formula is C22H25N6. The molecule has 0 fully saturated rings. The normalized spacial score (nSPS) is 11.3. The number of hydrogen-bond acceptors (Lipinski definition) is 4. The fourth-order valence-corrected chi connectivity index (χ4v) is 3.63. The maximum Gasteiger partial charge on any atom is 0.205 e. The number of hydrogen-bond donors (Lipinski definition) is 1. The minimum Gasteiger partial charge on any atom is -0.324 e. The van der Waals surface area contributed by atoms with Crippen LogP contribution in [0.3, 0.4) is 0 Å². The first-order valence-electron chi connectivity index (χ1n) is 9.96. The van der Waals surface area contributed by atoms with E-state index in [0.29, 0.717) is 5.82 Å². The molecule has 6 heteroatoms. The van der Waals surface area contributed by atoms with Gasteiger partial charge in [0.15, 0.2) is 0 Å². The summed E-state index contributed by atoms with van der Waals surface area (Å²) in [6, 6.07) is 16.4. The summed E-state index contributed by atoms with van der Waals surface area (Å²) in [4.78, 5) is 4.95. The summed E-state index contributed by atoms with van der Waals surface area (Å²) in [5.74, 6) is 1.54. The van der Waals surface area contributed by atoms with Gasteiger partial charge in [-0.05, 0) is 23.8 Å². The lowest BCUT2D eigenvalue weighted by molar-refractivity contribution is 0.571. The first-order chi connectivity index (χ1) is 13.9. The van der Waals surface area contributed by atoms with Crippen LogP contribution in [0.5, 0.6) is 0 Å². The Kier molecular flexibility index (Phi) is 5.75. The fraction of sp³-hybridized carbons (Fsp3) is 0.318. The van der Waals surface area contributed by atoms with Crippen molar-refractivity contribution in [2.75, 3.05) is 0 Å². The Bertz CT molecular complexity index is 1020. The van der Waals surface area contributed by atoms with E-state index in [4.69, 9.17) is 4.98 Å². The molecule has 2 aromatic heterocycles. The fourth-order valence-electron chi connectivity index (χ4n) is 3.63. The van der Waals surface area contributed by atoms with Crippen molar-refractivity contribution in [2.45, 2.75) is 45.1 Å². The van der Waals surface area contributed by atoms with Gasteiger partial charge in [-0.1, -0.05) is 75.4 Å². The minimum absolute atomic E-state index is 0.586. The van der Waals surface area contributed by atoms with E-state index >= 15 is 0 Å². The van der Waals surface area contributed by atoms with Gasteiger partial charge in [0.25, 0.3) is 0 Å². The highest BCUT2D eigenvalue weighted by Crippen LogP contribution is 2.32. The maximum atomic E-state index is 4.95. The Hall–Kier alpha value is -3.02. The van der Waals surface area contributed by atoms with Gasteiger partial charge in [0, 0.05) is 17.7 Å². The summed E-state index contributed by atoms with van der Waals surface area (Å²) in [6.45, 7) is 4.87. The topological polar surface area (TPSA) is 72.3 Å². The number of nitrogens with one attached hydrogen (secondary N) is 1. The van der Waals surface area contributed by atoms with Crippen LogP contribution in [0.15, 0.2) is 48.5 Å². The molecule has 0 aliphatic rings. The summed E-state index contributed by atoms with van der Waals surface area (Å²) in [6.07, 6.45) is 7.13. The van der Waals surface area contributed by atoms with E-state index in [1.54, 1.807) is 0 Å². The third-order valence-corrected chi connectivity index (χ3v) is 5.04. The van der Waals surface area contributed by atoms with E-state index in [1.807, 2.05) is 24.3 Å². The van der Waals surface area contributed by atoms with Crippen LogP contribution in [0, 0.1) is 6.92 Å². The minimum atomic E-state index is 0.586. The number of aryl methyl sites for hydroxylation is 1. The van der Waals surface area contributed by atoms with E-state index in [-0.39, 0.29) is 0 Å². The molecule has 0 saturated carbocycles. The average molecular weight is 373 g/mol. The molecule has 0 saturated heterocycles. The first kappa shape index (κ1) is 18.3. The molecule has 0 atom stereocenters. The van der Waals surface area contributed by atoms with Gasteiger partial charge in [0.1, 0.15) is 5.82 Å². The number of tetrazole rings is 1. The molecule has 4 aromatic rings. The largest absolute Gasteiger partial charge is 0.324 e. The van der Waals surface area contributed by atoms with Crippen molar-refractivity contribution in [2.24, 2.45) is 0 Å². The molecule has 0 amide bonds. The Labute approximate surface area is 165 Å². The number of aromatic nitrogens is 6. The smallest absolute Gasteiger partial charge is 0.205 e. The summed E-state index contributed by atoms with van der Waals surface area (Å²) < 4.78 is 2.33. The quantitative estimate of drug-likeness (QED) is 0.416. The molecule has 0 unspecified atom stereocenters. The van der Waals surface area contributed by atoms with Crippen LogP contribution < -0.4 is 0 Å². The van der Waals surface area contributed by atoms with Crippen molar-refractivity contribution < 1.29 is 0 Å². The Morgan fingerprint density at radius 3 is 2.43 bits per heavy atom. The number of H-pyrrole nitrogens is 1. The highest BCUT2D eigenvalue weighted by Gasteiger charge is 2.17. The lowest BCUT2D eigenvalue weighted by atomic mass is 10.1. The molecule has 1 radical (unpaired) electrons. The van der Waals surface area contributed by atoms with Crippen molar-refractivity contribution in [3.63, 3.8) is 0 Å². The van der Waals surface area contributed by atoms with Gasteiger partial charge < -0.3 is 4.57 Å². The predicted octanol–water partition coefficient (Wildman–Crippen LogP) is 5.06. The zero-order chi connectivity index (χ0) is 19.2. The molecular weight excluding hydrogens is 348 g/mol. The Morgan fingerprint density at radius 1 is 0.857 bits per heavy atom. The first-order valence-corrected chi connectivity index (χ1v) is 9.96. The number of imidazole rings is 1. The molecule has 0 aliphatic carbocycles. The number of para-hydroxylation sites is 2. The van der Waals surface area contributed by atoms with Gasteiger partial charge >= 0.3 is 0 Å². The van der Waals surface area contributed by atoms with E-state index in [2.05, 4.69) is 56.4 Å². The van der Waals surface area contributed by atoms with Crippen molar-refractivity contribution >= 4 is 11.0 Å². The van der Waals surface area contributed by atoms with Crippen LogP contribution in [0.2, 0.25) is 0 Å². The molecule has 28 heavy (non-hydrogen) atoms. The van der Waals surface area contributed by atoms with Crippen LogP contribution in [-0.4, -0.2) is 30.2 Å². The molecule has 0 bridgehead atoms. The monoisotopic (exact) mass is 373 g/mol. The van der Waals surface area contributed by atoms with Crippen molar-refractivity contribution in [3.05, 3.63) is 55.5 Å². The highest BCUT2D eigenvalue weighted by atomic mass is 15.5. The zero-order valence-corrected chi connectivity index (χ0v) is 16.0. The number of aromatic amines is 1. The average Bonchev–Trinajstić information content (AvgIpc) is 3.39. The maximum absolute atomic E-state index is 4.95. The lowest BCUT2D eigenvalue weighted by Gasteiger charge is -2.11. The molecule has 0 aliphatic heterocycles. The van der Waals surface area contributed by atoms with Crippen LogP contribution >= 0.6 is 0 Å². The second-order valence-corrected chi connectivity index (χ2v) is 6.98. The standard InChI is InChI=1S/C22H25N6/c1-2-3-4-5-6-11-16-28-20-15-10-9-14-19(20)23-22(28)18-13-8-7-12-17(18)21-24-26-27-25-21/h7-10,12-15H,1-6,11,16H2,(H,24,25,26,27). The van der Waals surface area contributed by atoms with E-state index in [1.165, 1.54) is 25.7 Å². The molecule has 1 N–H and O–H groups in total. The van der Waals surface area contributed by atoms with Gasteiger partial charge in [0.2, 0.25) is 5.82 Å². The van der Waals surface area contributed by atoms with Gasteiger partial charge in [-0.3, -0.25) is 0 Å². The van der Waals surface area contributed by atoms with E-state index < -0.39 is 0 Å². The third kappa shape index (κ3) is 3.81. The lowest BCUT2D eigenvalue weighted by Crippen LogP contribution is -2.02. The molecule has 2 aromatic carbocycles. The predicted molar refractivity (Wildman–Crippen MR) is 111 cm³/mol. The van der Waals surface area contributed by atoms with Crippen molar-refractivity contribution in [1.29, 1.82) is 0 Å². The SMILES string of the molecule is [CH2]CCCCCCCn1c(-c2ccccc2-c2nn[nH]n2)nc2ccccc21. The van der Waals surface area contributed by atoms with Crippen LogP contribution in [0.4, 0.5) is 0 Å². The second-order valence-electron chi connectivity index (χ2n) is 6.98. The van der Waals surface area contributed by atoms with Gasteiger partial charge in [-0.25, -0.2) is 4.98 Å². The van der Waals surface area contributed by atoms with Crippen LogP contribution in [0.1, 0.15) is 38.5 Å². The van der Waals surface area contributed by atoms with Gasteiger partial charge in [-0.15, -0.1) is 10.2 Å². The van der Waals surface area contributed by atoms with Gasteiger partial charge in [-0.2, -0.15) is 5.21 Å². The number of rotatable bonds is 9. The third-order valence-electron chi connectivity index (χ3n) is 5.04. The van der Waals surface area contributed by atoms with Crippen LogP contribution in [-0.2, 0) is 6.54 Å². The summed E-state index contributed by atoms with van der Waals surface area (Å²) >= 11 is 0. The number of fused-ring (bicyclic) bond motifs is 1. The molecule has 0 spiro atoms. The van der Waals surface area contributed by atoms with E-state index in [9.17, 15) is 0 Å². The molecule has 143 valence electrons.